The van der Waals surface area contributed by atoms with Crippen LogP contribution in [0.1, 0.15) is 12.5 Å². The molecule has 0 saturated carbocycles. The van der Waals surface area contributed by atoms with Gasteiger partial charge in [-0.15, -0.1) is 0 Å². The van der Waals surface area contributed by atoms with Gasteiger partial charge in [-0.1, -0.05) is 30.7 Å². The highest BCUT2D eigenvalue weighted by atomic mass is 35.5. The quantitative estimate of drug-likeness (QED) is 0.764. The third kappa shape index (κ3) is 5.92. The molecule has 5 nitrogen and oxygen atoms in total. The molecule has 3 rings (SSSR count). The topological polar surface area (TPSA) is 44.8 Å². The van der Waals surface area contributed by atoms with Crippen molar-refractivity contribution in [2.75, 3.05) is 44.6 Å². The Labute approximate surface area is 170 Å². The van der Waals surface area contributed by atoms with Gasteiger partial charge in [0, 0.05) is 44.5 Å². The maximum Gasteiger partial charge on any atom is 0.262 e. The van der Waals surface area contributed by atoms with Gasteiger partial charge in [-0.2, -0.15) is 0 Å². The highest BCUT2D eigenvalue weighted by Gasteiger charge is 2.15. The van der Waals surface area contributed by atoms with Crippen molar-refractivity contribution in [2.24, 2.45) is 0 Å². The molecule has 0 unspecified atom stereocenters. The minimum absolute atomic E-state index is 0.0374. The van der Waals surface area contributed by atoms with Crippen LogP contribution >= 0.6 is 11.6 Å². The third-order valence-corrected chi connectivity index (χ3v) is 5.11. The standard InChI is InChI=1S/C21H25ClFN3O2/c1-2-25-9-11-26(12-10-25)14-16-3-5-17(6-4-16)24-21(27)15-28-18-7-8-20(23)19(22)13-18/h3-8,13H,2,9-12,14-15H2,1H3,(H,24,27). The van der Waals surface area contributed by atoms with Gasteiger partial charge in [-0.25, -0.2) is 4.39 Å². The Kier molecular flexibility index (Phi) is 7.25. The lowest BCUT2D eigenvalue weighted by Gasteiger charge is -2.34. The third-order valence-electron chi connectivity index (χ3n) is 4.82. The van der Waals surface area contributed by atoms with E-state index in [2.05, 4.69) is 22.0 Å². The van der Waals surface area contributed by atoms with Crippen molar-refractivity contribution >= 4 is 23.2 Å². The van der Waals surface area contributed by atoms with E-state index < -0.39 is 5.82 Å². The average molecular weight is 406 g/mol. The maximum absolute atomic E-state index is 13.1. The molecule has 150 valence electrons. The van der Waals surface area contributed by atoms with Crippen LogP contribution in [0.5, 0.6) is 5.75 Å². The van der Waals surface area contributed by atoms with Crippen LogP contribution in [-0.2, 0) is 11.3 Å². The lowest BCUT2D eigenvalue weighted by Crippen LogP contribution is -2.45. The predicted octanol–water partition coefficient (Wildman–Crippen LogP) is 3.63. The van der Waals surface area contributed by atoms with Crippen molar-refractivity contribution < 1.29 is 13.9 Å². The van der Waals surface area contributed by atoms with Crippen LogP contribution in [0.4, 0.5) is 10.1 Å². The molecule has 1 N–H and O–H groups in total. The molecule has 0 atom stereocenters. The highest BCUT2D eigenvalue weighted by Crippen LogP contribution is 2.21. The van der Waals surface area contributed by atoms with E-state index in [1.165, 1.54) is 23.8 Å². The molecule has 1 aliphatic heterocycles. The lowest BCUT2D eigenvalue weighted by atomic mass is 10.1. The van der Waals surface area contributed by atoms with Gasteiger partial charge in [-0.3, -0.25) is 9.69 Å². The molecule has 1 saturated heterocycles. The number of halogens is 2. The molecule has 0 spiro atoms. The molecule has 0 aliphatic carbocycles. The molecule has 1 heterocycles. The fourth-order valence-corrected chi connectivity index (χ4v) is 3.30. The first-order valence-corrected chi connectivity index (χ1v) is 9.82. The SMILES string of the molecule is CCN1CCN(Cc2ccc(NC(=O)COc3ccc(F)c(Cl)c3)cc2)CC1. The Balaban J connectivity index is 1.44. The summed E-state index contributed by atoms with van der Waals surface area (Å²) in [5, 5.41) is 2.75. The van der Waals surface area contributed by atoms with E-state index in [4.69, 9.17) is 16.3 Å². The number of ether oxygens (including phenoxy) is 1. The second-order valence-electron chi connectivity index (χ2n) is 6.82. The Morgan fingerprint density at radius 2 is 1.79 bits per heavy atom. The Bertz CT molecular complexity index is 793. The number of carbonyl (C=O) groups is 1. The zero-order chi connectivity index (χ0) is 19.9. The summed E-state index contributed by atoms with van der Waals surface area (Å²) in [6.45, 7) is 8.44. The molecule has 1 aliphatic rings. The number of piperazine rings is 1. The van der Waals surface area contributed by atoms with Gasteiger partial charge in [0.05, 0.1) is 5.02 Å². The number of nitrogens with one attached hydrogen (secondary N) is 1. The van der Waals surface area contributed by atoms with Gasteiger partial charge >= 0.3 is 0 Å². The average Bonchev–Trinajstić information content (AvgIpc) is 2.71. The van der Waals surface area contributed by atoms with Crippen molar-refractivity contribution in [2.45, 2.75) is 13.5 Å². The van der Waals surface area contributed by atoms with Crippen molar-refractivity contribution in [3.8, 4) is 5.75 Å². The van der Waals surface area contributed by atoms with Crippen LogP contribution in [-0.4, -0.2) is 55.0 Å². The van der Waals surface area contributed by atoms with Crippen molar-refractivity contribution in [3.05, 3.63) is 58.9 Å². The van der Waals surface area contributed by atoms with Gasteiger partial charge in [-0.05, 0) is 36.4 Å². The molecule has 0 radical (unpaired) electrons. The number of carbonyl (C=O) groups excluding carboxylic acids is 1. The molecule has 7 heteroatoms. The van der Waals surface area contributed by atoms with Crippen LogP contribution in [0.3, 0.4) is 0 Å². The van der Waals surface area contributed by atoms with Crippen LogP contribution < -0.4 is 10.1 Å². The number of amides is 1. The van der Waals surface area contributed by atoms with Gasteiger partial charge < -0.3 is 15.0 Å². The first kappa shape index (κ1) is 20.6. The maximum atomic E-state index is 13.1. The smallest absolute Gasteiger partial charge is 0.262 e. The Hall–Kier alpha value is -2.15. The molecule has 0 aromatic heterocycles. The van der Waals surface area contributed by atoms with E-state index in [1.54, 1.807) is 0 Å². The fourth-order valence-electron chi connectivity index (χ4n) is 3.13. The summed E-state index contributed by atoms with van der Waals surface area (Å²) in [5.41, 5.74) is 1.94. The van der Waals surface area contributed by atoms with E-state index >= 15 is 0 Å². The number of likely N-dealkylation sites (N-methyl/N-ethyl adjacent to an activating group) is 1. The van der Waals surface area contributed by atoms with E-state index in [9.17, 15) is 9.18 Å². The molecule has 2 aromatic carbocycles. The van der Waals surface area contributed by atoms with Gasteiger partial charge in [0.25, 0.3) is 5.91 Å². The summed E-state index contributed by atoms with van der Waals surface area (Å²) in [6, 6.07) is 11.8. The molecule has 1 amide bonds. The normalized spacial score (nSPS) is 15.4. The summed E-state index contributed by atoms with van der Waals surface area (Å²) in [7, 11) is 0. The van der Waals surface area contributed by atoms with Gasteiger partial charge in [0.15, 0.2) is 6.61 Å². The molecular weight excluding hydrogens is 381 g/mol. The molecular formula is C21H25ClFN3O2. The Morgan fingerprint density at radius 3 is 2.43 bits per heavy atom. The summed E-state index contributed by atoms with van der Waals surface area (Å²) in [4.78, 5) is 16.9. The fraction of sp³-hybridized carbons (Fsp3) is 0.381. The number of hydrogen-bond donors (Lipinski definition) is 1. The highest BCUT2D eigenvalue weighted by molar-refractivity contribution is 6.30. The Morgan fingerprint density at radius 1 is 1.11 bits per heavy atom. The largest absolute Gasteiger partial charge is 0.484 e. The second kappa shape index (κ2) is 9.87. The lowest BCUT2D eigenvalue weighted by molar-refractivity contribution is -0.118. The number of benzene rings is 2. The van der Waals surface area contributed by atoms with Gasteiger partial charge in [0.1, 0.15) is 11.6 Å². The number of hydrogen-bond acceptors (Lipinski definition) is 4. The summed E-state index contributed by atoms with van der Waals surface area (Å²) < 4.78 is 18.5. The van der Waals surface area contributed by atoms with Crippen LogP contribution in [0.25, 0.3) is 0 Å². The minimum Gasteiger partial charge on any atom is -0.484 e. The predicted molar refractivity (Wildman–Crippen MR) is 109 cm³/mol. The molecule has 0 bridgehead atoms. The zero-order valence-corrected chi connectivity index (χ0v) is 16.7. The van der Waals surface area contributed by atoms with Crippen LogP contribution in [0.2, 0.25) is 5.02 Å². The molecule has 2 aromatic rings. The van der Waals surface area contributed by atoms with E-state index in [0.717, 1.165) is 39.3 Å². The monoisotopic (exact) mass is 405 g/mol. The number of rotatable bonds is 7. The number of anilines is 1. The van der Waals surface area contributed by atoms with E-state index in [0.29, 0.717) is 11.4 Å². The molecule has 28 heavy (non-hydrogen) atoms. The first-order valence-electron chi connectivity index (χ1n) is 9.45. The number of nitrogens with zero attached hydrogens (tertiary/aromatic N) is 2. The van der Waals surface area contributed by atoms with Crippen LogP contribution in [0.15, 0.2) is 42.5 Å². The zero-order valence-electron chi connectivity index (χ0n) is 16.0. The minimum atomic E-state index is -0.522. The van der Waals surface area contributed by atoms with E-state index in [1.807, 2.05) is 24.3 Å². The van der Waals surface area contributed by atoms with Crippen molar-refractivity contribution in [1.29, 1.82) is 0 Å². The van der Waals surface area contributed by atoms with Crippen molar-refractivity contribution in [3.63, 3.8) is 0 Å². The van der Waals surface area contributed by atoms with E-state index in [-0.39, 0.29) is 17.5 Å². The summed E-state index contributed by atoms with van der Waals surface area (Å²) >= 11 is 5.70. The van der Waals surface area contributed by atoms with Crippen LogP contribution in [0, 0.1) is 5.82 Å². The van der Waals surface area contributed by atoms with Crippen molar-refractivity contribution in [1.82, 2.24) is 9.80 Å². The summed E-state index contributed by atoms with van der Waals surface area (Å²) in [6.07, 6.45) is 0. The summed E-state index contributed by atoms with van der Waals surface area (Å²) in [5.74, 6) is -0.463. The first-order chi connectivity index (χ1) is 13.5. The van der Waals surface area contributed by atoms with Gasteiger partial charge in [0.2, 0.25) is 0 Å². The molecule has 1 fully saturated rings. The second-order valence-corrected chi connectivity index (χ2v) is 7.23.